The number of pyridine rings is 1. The van der Waals surface area contributed by atoms with Crippen molar-refractivity contribution in [3.63, 3.8) is 0 Å². The van der Waals surface area contributed by atoms with E-state index in [-0.39, 0.29) is 17.0 Å². The van der Waals surface area contributed by atoms with Gasteiger partial charge in [-0.05, 0) is 47.2 Å². The molecule has 2 aromatic heterocycles. The molecule has 1 aliphatic carbocycles. The van der Waals surface area contributed by atoms with Crippen LogP contribution in [0, 0.1) is 11.2 Å². The predicted molar refractivity (Wildman–Crippen MR) is 99.7 cm³/mol. The Balaban J connectivity index is 1.88. The fourth-order valence-corrected chi connectivity index (χ4v) is 3.92. The fraction of sp³-hybridized carbons (Fsp3) is 0.273. The second-order valence-electron chi connectivity index (χ2n) is 7.82. The van der Waals surface area contributed by atoms with E-state index in [2.05, 4.69) is 23.8 Å². The van der Waals surface area contributed by atoms with Gasteiger partial charge in [0.2, 0.25) is 0 Å². The number of Topliss-reactive ketones (excluding diaryl/α,β-unsaturated/α-hetero) is 1. The number of halogens is 1. The van der Waals surface area contributed by atoms with Crippen LogP contribution in [0.5, 0.6) is 0 Å². The minimum Gasteiger partial charge on any atom is -0.358 e. The smallest absolute Gasteiger partial charge is 0.165 e. The number of aromatic nitrogens is 2. The number of carbonyl (C=O) groups is 1. The SMILES string of the molecule is CC1(C)CC(=O)c2c([nH]c(-c3ccncc3)c2Cc2cccc(F)c2)C1. The molecule has 4 rings (SSSR count). The first-order valence-corrected chi connectivity index (χ1v) is 8.85. The molecule has 0 saturated carbocycles. The molecule has 0 spiro atoms. The van der Waals surface area contributed by atoms with Crippen molar-refractivity contribution in [1.82, 2.24) is 9.97 Å². The van der Waals surface area contributed by atoms with Crippen molar-refractivity contribution in [2.24, 2.45) is 5.41 Å². The van der Waals surface area contributed by atoms with Crippen molar-refractivity contribution in [2.45, 2.75) is 33.1 Å². The number of hydrogen-bond acceptors (Lipinski definition) is 2. The summed E-state index contributed by atoms with van der Waals surface area (Å²) in [6, 6.07) is 10.4. The molecule has 0 bridgehead atoms. The van der Waals surface area contributed by atoms with Crippen molar-refractivity contribution in [3.8, 4) is 11.3 Å². The third-order valence-electron chi connectivity index (χ3n) is 4.99. The molecular weight excluding hydrogens is 327 g/mol. The largest absolute Gasteiger partial charge is 0.358 e. The molecule has 0 atom stereocenters. The molecule has 0 saturated heterocycles. The Hall–Kier alpha value is -2.75. The minimum absolute atomic E-state index is 0.0550. The lowest BCUT2D eigenvalue weighted by Crippen LogP contribution is -2.27. The highest BCUT2D eigenvalue weighted by molar-refractivity contribution is 6.02. The van der Waals surface area contributed by atoms with E-state index in [0.29, 0.717) is 12.8 Å². The number of hydrogen-bond donors (Lipinski definition) is 1. The zero-order valence-electron chi connectivity index (χ0n) is 15.0. The van der Waals surface area contributed by atoms with E-state index < -0.39 is 0 Å². The molecule has 1 aliphatic rings. The van der Waals surface area contributed by atoms with Crippen molar-refractivity contribution in [1.29, 1.82) is 0 Å². The van der Waals surface area contributed by atoms with Gasteiger partial charge in [0.15, 0.2) is 5.78 Å². The van der Waals surface area contributed by atoms with Crippen LogP contribution in [0.1, 0.15) is 47.4 Å². The van der Waals surface area contributed by atoms with Crippen LogP contribution >= 0.6 is 0 Å². The highest BCUT2D eigenvalue weighted by Crippen LogP contribution is 2.40. The van der Waals surface area contributed by atoms with Crippen LogP contribution in [-0.2, 0) is 12.8 Å². The van der Waals surface area contributed by atoms with Gasteiger partial charge in [0.05, 0.1) is 5.69 Å². The van der Waals surface area contributed by atoms with E-state index in [4.69, 9.17) is 0 Å². The number of fused-ring (bicyclic) bond motifs is 1. The lowest BCUT2D eigenvalue weighted by Gasteiger charge is -2.28. The summed E-state index contributed by atoms with van der Waals surface area (Å²) in [5, 5.41) is 0. The Labute approximate surface area is 152 Å². The van der Waals surface area contributed by atoms with Crippen LogP contribution in [0.15, 0.2) is 48.8 Å². The van der Waals surface area contributed by atoms with Gasteiger partial charge in [-0.3, -0.25) is 9.78 Å². The van der Waals surface area contributed by atoms with Gasteiger partial charge in [0.1, 0.15) is 5.82 Å². The highest BCUT2D eigenvalue weighted by Gasteiger charge is 2.35. The number of aromatic amines is 1. The van der Waals surface area contributed by atoms with Gasteiger partial charge in [0.25, 0.3) is 0 Å². The number of nitrogens with zero attached hydrogens (tertiary/aromatic N) is 1. The number of H-pyrrole nitrogens is 1. The molecule has 1 aromatic carbocycles. The van der Waals surface area contributed by atoms with Crippen LogP contribution in [0.4, 0.5) is 4.39 Å². The first-order chi connectivity index (χ1) is 12.4. The van der Waals surface area contributed by atoms with Crippen molar-refractivity contribution >= 4 is 5.78 Å². The summed E-state index contributed by atoms with van der Waals surface area (Å²) in [7, 11) is 0. The third kappa shape index (κ3) is 3.07. The second-order valence-corrected chi connectivity index (χ2v) is 7.82. The van der Waals surface area contributed by atoms with E-state index in [0.717, 1.165) is 40.1 Å². The zero-order chi connectivity index (χ0) is 18.3. The quantitative estimate of drug-likeness (QED) is 0.727. The Bertz CT molecular complexity index is 973. The minimum atomic E-state index is -0.259. The normalized spacial score (nSPS) is 15.7. The molecule has 4 heteroatoms. The number of nitrogens with one attached hydrogen (secondary N) is 1. The van der Waals surface area contributed by atoms with Crippen molar-refractivity contribution in [3.05, 3.63) is 77.0 Å². The number of ketones is 1. The molecule has 0 amide bonds. The summed E-state index contributed by atoms with van der Waals surface area (Å²) in [6.07, 6.45) is 5.37. The van der Waals surface area contributed by atoms with Gasteiger partial charge >= 0.3 is 0 Å². The van der Waals surface area contributed by atoms with Crippen LogP contribution in [0.25, 0.3) is 11.3 Å². The lowest BCUT2D eigenvalue weighted by atomic mass is 9.75. The molecular formula is C22H21FN2O. The average molecular weight is 348 g/mol. The molecule has 0 radical (unpaired) electrons. The summed E-state index contributed by atoms with van der Waals surface area (Å²) >= 11 is 0. The third-order valence-corrected chi connectivity index (χ3v) is 4.99. The average Bonchev–Trinajstić information content (AvgIpc) is 2.93. The van der Waals surface area contributed by atoms with Crippen molar-refractivity contribution in [2.75, 3.05) is 0 Å². The zero-order valence-corrected chi connectivity index (χ0v) is 15.0. The van der Waals surface area contributed by atoms with E-state index in [1.54, 1.807) is 18.5 Å². The molecule has 2 heterocycles. The molecule has 132 valence electrons. The van der Waals surface area contributed by atoms with E-state index in [1.165, 1.54) is 12.1 Å². The first-order valence-electron chi connectivity index (χ1n) is 8.85. The molecule has 1 N–H and O–H groups in total. The maximum Gasteiger partial charge on any atom is 0.165 e. The maximum absolute atomic E-state index is 13.7. The van der Waals surface area contributed by atoms with E-state index in [9.17, 15) is 9.18 Å². The standard InChI is InChI=1S/C22H21FN2O/c1-22(2)12-18-20(19(26)13-22)17(11-14-4-3-5-16(23)10-14)21(25-18)15-6-8-24-9-7-15/h3-10,25H,11-13H2,1-2H3. The van der Waals surface area contributed by atoms with Crippen LogP contribution in [-0.4, -0.2) is 15.8 Å². The van der Waals surface area contributed by atoms with E-state index in [1.807, 2.05) is 18.2 Å². The van der Waals surface area contributed by atoms with Gasteiger partial charge < -0.3 is 4.98 Å². The maximum atomic E-state index is 13.7. The second kappa shape index (κ2) is 6.20. The van der Waals surface area contributed by atoms with Crippen LogP contribution in [0.2, 0.25) is 0 Å². The highest BCUT2D eigenvalue weighted by atomic mass is 19.1. The molecule has 0 aliphatic heterocycles. The van der Waals surface area contributed by atoms with Gasteiger partial charge in [-0.15, -0.1) is 0 Å². The Kier molecular flexibility index (Phi) is 3.98. The molecule has 3 aromatic rings. The van der Waals surface area contributed by atoms with Gasteiger partial charge in [0, 0.05) is 42.1 Å². The Morgan fingerprint density at radius 2 is 1.92 bits per heavy atom. The molecule has 0 fully saturated rings. The Morgan fingerprint density at radius 1 is 1.15 bits per heavy atom. The molecule has 3 nitrogen and oxygen atoms in total. The summed E-state index contributed by atoms with van der Waals surface area (Å²) < 4.78 is 13.7. The number of benzene rings is 1. The van der Waals surface area contributed by atoms with Gasteiger partial charge in [-0.1, -0.05) is 26.0 Å². The summed E-state index contributed by atoms with van der Waals surface area (Å²) in [5.74, 6) is -0.0935. The number of carbonyl (C=O) groups excluding carboxylic acids is 1. The first kappa shape index (κ1) is 16.7. The Morgan fingerprint density at radius 3 is 2.65 bits per heavy atom. The lowest BCUT2D eigenvalue weighted by molar-refractivity contribution is 0.0911. The monoisotopic (exact) mass is 348 g/mol. The van der Waals surface area contributed by atoms with Crippen LogP contribution in [0.3, 0.4) is 0 Å². The van der Waals surface area contributed by atoms with Gasteiger partial charge in [-0.2, -0.15) is 0 Å². The molecule has 26 heavy (non-hydrogen) atoms. The van der Waals surface area contributed by atoms with Crippen molar-refractivity contribution < 1.29 is 9.18 Å². The summed E-state index contributed by atoms with van der Waals surface area (Å²) in [5.41, 5.74) is 5.47. The van der Waals surface area contributed by atoms with Crippen LogP contribution < -0.4 is 0 Å². The summed E-state index contributed by atoms with van der Waals surface area (Å²) in [4.78, 5) is 20.5. The van der Waals surface area contributed by atoms with Gasteiger partial charge in [-0.25, -0.2) is 4.39 Å². The summed E-state index contributed by atoms with van der Waals surface area (Å²) in [6.45, 7) is 4.24. The topological polar surface area (TPSA) is 45.8 Å². The fourth-order valence-electron chi connectivity index (χ4n) is 3.92. The number of rotatable bonds is 3. The molecule has 0 unspecified atom stereocenters. The predicted octanol–water partition coefficient (Wildman–Crippen LogP) is 4.96. The van der Waals surface area contributed by atoms with E-state index >= 15 is 0 Å².